The van der Waals surface area contributed by atoms with Crippen molar-refractivity contribution in [3.8, 4) is 0 Å². The number of carboxylic acids is 1. The Bertz CT molecular complexity index is 915. The summed E-state index contributed by atoms with van der Waals surface area (Å²) in [6.45, 7) is 14.0. The van der Waals surface area contributed by atoms with Crippen LogP contribution in [0.4, 0.5) is 0 Å². The molecule has 0 radical (unpaired) electrons. The molecule has 2 aliphatic carbocycles. The van der Waals surface area contributed by atoms with Gasteiger partial charge in [0.1, 0.15) is 0 Å². The van der Waals surface area contributed by atoms with Crippen LogP contribution in [-0.4, -0.2) is 16.6 Å². The molecule has 4 rings (SSSR count). The third kappa shape index (κ3) is 2.66. The summed E-state index contributed by atoms with van der Waals surface area (Å²) in [5, 5.41) is 12.7. The van der Waals surface area contributed by atoms with Crippen LogP contribution in [0.15, 0.2) is 36.1 Å². The second-order valence-corrected chi connectivity index (χ2v) is 10.6. The molecule has 150 valence electrons. The maximum atomic E-state index is 11.3. The van der Waals surface area contributed by atoms with Gasteiger partial charge >= 0.3 is 5.97 Å². The van der Waals surface area contributed by atoms with Crippen molar-refractivity contribution in [2.24, 2.45) is 0 Å². The lowest BCUT2D eigenvalue weighted by Crippen LogP contribution is -2.50. The number of aryl methyl sites for hydroxylation is 1. The summed E-state index contributed by atoms with van der Waals surface area (Å²) in [7, 11) is 0. The van der Waals surface area contributed by atoms with Crippen LogP contribution in [0.25, 0.3) is 0 Å². The highest BCUT2D eigenvalue weighted by Gasteiger charge is 2.58. The molecule has 3 heteroatoms. The van der Waals surface area contributed by atoms with Crippen LogP contribution in [0.1, 0.15) is 82.6 Å². The molecule has 1 aliphatic heterocycles. The van der Waals surface area contributed by atoms with E-state index in [0.717, 1.165) is 12.8 Å². The largest absolute Gasteiger partial charge is 0.478 e. The minimum atomic E-state index is -0.885. The van der Waals surface area contributed by atoms with Crippen molar-refractivity contribution >= 4 is 5.97 Å². The Labute approximate surface area is 168 Å². The fraction of sp³-hybridized carbons (Fsp3) is 0.560. The minimum absolute atomic E-state index is 0.0286. The zero-order valence-corrected chi connectivity index (χ0v) is 18.1. The number of benzene rings is 1. The van der Waals surface area contributed by atoms with Crippen molar-refractivity contribution in [3.63, 3.8) is 0 Å². The average molecular weight is 380 g/mol. The van der Waals surface area contributed by atoms with Gasteiger partial charge in [0, 0.05) is 11.6 Å². The quantitative estimate of drug-likeness (QED) is 0.753. The van der Waals surface area contributed by atoms with E-state index in [4.69, 9.17) is 0 Å². The number of carbonyl (C=O) groups is 1. The highest BCUT2D eigenvalue weighted by Crippen LogP contribution is 2.59. The second kappa shape index (κ2) is 5.75. The lowest BCUT2D eigenvalue weighted by Gasteiger charge is -2.44. The molecule has 0 aromatic heterocycles. The molecular weight excluding hydrogens is 346 g/mol. The lowest BCUT2D eigenvalue weighted by molar-refractivity contribution is -0.132. The van der Waals surface area contributed by atoms with Gasteiger partial charge in [0.25, 0.3) is 0 Å². The Kier molecular flexibility index (Phi) is 3.96. The van der Waals surface area contributed by atoms with Gasteiger partial charge in [-0.05, 0) is 78.7 Å². The standard InChI is InChI=1S/C25H33NO2/c1-16-13-19-20(23(4,5)10-9-22(19,2)3)14-18(16)25(11-12-25)24(6)8-7-17(15-26-24)21(27)28/h7-8,13-15,26H,9-12H2,1-6H3,(H,27,28). The number of fused-ring (bicyclic) bond motifs is 1. The molecule has 1 atom stereocenters. The zero-order valence-electron chi connectivity index (χ0n) is 18.1. The summed E-state index contributed by atoms with van der Waals surface area (Å²) in [6, 6.07) is 4.94. The molecule has 0 spiro atoms. The number of rotatable bonds is 3. The molecule has 1 fully saturated rings. The summed E-state index contributed by atoms with van der Waals surface area (Å²) in [5.74, 6) is -0.885. The first kappa shape index (κ1) is 19.3. The van der Waals surface area contributed by atoms with E-state index in [0.29, 0.717) is 5.57 Å². The van der Waals surface area contributed by atoms with E-state index in [2.05, 4.69) is 65.1 Å². The van der Waals surface area contributed by atoms with Gasteiger partial charge in [-0.2, -0.15) is 0 Å². The molecule has 1 unspecified atom stereocenters. The van der Waals surface area contributed by atoms with Crippen LogP contribution < -0.4 is 5.32 Å². The highest BCUT2D eigenvalue weighted by molar-refractivity contribution is 5.90. The van der Waals surface area contributed by atoms with E-state index < -0.39 is 5.97 Å². The van der Waals surface area contributed by atoms with Gasteiger partial charge in [-0.15, -0.1) is 0 Å². The molecule has 1 aromatic carbocycles. The Balaban J connectivity index is 1.81. The van der Waals surface area contributed by atoms with Gasteiger partial charge in [0.05, 0.1) is 11.1 Å². The molecule has 0 bridgehead atoms. The molecule has 1 heterocycles. The number of dihydropyridines is 1. The third-order valence-corrected chi connectivity index (χ3v) is 7.83. The molecule has 3 aliphatic rings. The van der Waals surface area contributed by atoms with Crippen LogP contribution in [0.3, 0.4) is 0 Å². The van der Waals surface area contributed by atoms with E-state index in [1.807, 2.05) is 0 Å². The normalized spacial score (nSPS) is 28.7. The maximum absolute atomic E-state index is 11.3. The van der Waals surface area contributed by atoms with Crippen LogP contribution in [0, 0.1) is 6.92 Å². The molecule has 1 aromatic rings. The molecule has 1 saturated carbocycles. The monoisotopic (exact) mass is 379 g/mol. The number of nitrogens with one attached hydrogen (secondary N) is 1. The highest BCUT2D eigenvalue weighted by atomic mass is 16.4. The van der Waals surface area contributed by atoms with E-state index in [9.17, 15) is 9.90 Å². The van der Waals surface area contributed by atoms with Gasteiger partial charge < -0.3 is 10.4 Å². The smallest absolute Gasteiger partial charge is 0.337 e. The number of hydrogen-bond acceptors (Lipinski definition) is 2. The van der Waals surface area contributed by atoms with Crippen molar-refractivity contribution in [2.45, 2.75) is 89.0 Å². The summed E-state index contributed by atoms with van der Waals surface area (Å²) < 4.78 is 0. The van der Waals surface area contributed by atoms with Crippen LogP contribution >= 0.6 is 0 Å². The maximum Gasteiger partial charge on any atom is 0.337 e. The van der Waals surface area contributed by atoms with Crippen molar-refractivity contribution in [2.75, 3.05) is 0 Å². The molecule has 0 saturated heterocycles. The van der Waals surface area contributed by atoms with Gasteiger partial charge in [-0.1, -0.05) is 45.9 Å². The molecule has 28 heavy (non-hydrogen) atoms. The van der Waals surface area contributed by atoms with E-state index in [1.165, 1.54) is 35.1 Å². The Morgan fingerprint density at radius 3 is 1.96 bits per heavy atom. The topological polar surface area (TPSA) is 49.3 Å². The van der Waals surface area contributed by atoms with Gasteiger partial charge in [-0.25, -0.2) is 4.79 Å². The molecule has 0 amide bonds. The first-order chi connectivity index (χ1) is 12.9. The van der Waals surface area contributed by atoms with Crippen LogP contribution in [0.2, 0.25) is 0 Å². The molecule has 3 nitrogen and oxygen atoms in total. The van der Waals surface area contributed by atoms with Gasteiger partial charge in [-0.3, -0.25) is 0 Å². The summed E-state index contributed by atoms with van der Waals surface area (Å²) in [6.07, 6.45) is 10.2. The van der Waals surface area contributed by atoms with Crippen LogP contribution in [-0.2, 0) is 21.0 Å². The molecular formula is C25H33NO2. The summed E-state index contributed by atoms with van der Waals surface area (Å²) in [4.78, 5) is 11.3. The predicted octanol–water partition coefficient (Wildman–Crippen LogP) is 5.26. The zero-order chi connectivity index (χ0) is 20.5. The second-order valence-electron chi connectivity index (χ2n) is 10.6. The minimum Gasteiger partial charge on any atom is -0.478 e. The predicted molar refractivity (Wildman–Crippen MR) is 114 cm³/mol. The Morgan fingerprint density at radius 2 is 1.50 bits per heavy atom. The van der Waals surface area contributed by atoms with Crippen molar-refractivity contribution in [1.82, 2.24) is 5.32 Å². The van der Waals surface area contributed by atoms with Gasteiger partial charge in [0.15, 0.2) is 0 Å². The Morgan fingerprint density at radius 1 is 0.929 bits per heavy atom. The number of hydrogen-bond donors (Lipinski definition) is 2. The van der Waals surface area contributed by atoms with E-state index in [1.54, 1.807) is 12.3 Å². The summed E-state index contributed by atoms with van der Waals surface area (Å²) in [5.41, 5.74) is 6.30. The van der Waals surface area contributed by atoms with Crippen LogP contribution in [0.5, 0.6) is 0 Å². The van der Waals surface area contributed by atoms with E-state index in [-0.39, 0.29) is 21.8 Å². The fourth-order valence-corrected chi connectivity index (χ4v) is 5.44. The first-order valence-corrected chi connectivity index (χ1v) is 10.5. The van der Waals surface area contributed by atoms with E-state index >= 15 is 0 Å². The van der Waals surface area contributed by atoms with Crippen molar-refractivity contribution in [3.05, 3.63) is 58.3 Å². The summed E-state index contributed by atoms with van der Waals surface area (Å²) >= 11 is 0. The molecule has 2 N–H and O–H groups in total. The van der Waals surface area contributed by atoms with Gasteiger partial charge in [0.2, 0.25) is 0 Å². The number of carboxylic acid groups (broad SMARTS) is 1. The SMILES string of the molecule is Cc1cc2c(cc1C1(C3(C)C=CC(C(=O)O)=CN3)CC1)C(C)(C)CCC2(C)C. The van der Waals surface area contributed by atoms with Crippen molar-refractivity contribution in [1.29, 1.82) is 0 Å². The fourth-order valence-electron chi connectivity index (χ4n) is 5.44. The first-order valence-electron chi connectivity index (χ1n) is 10.5. The third-order valence-electron chi connectivity index (χ3n) is 7.83. The average Bonchev–Trinajstić information content (AvgIpc) is 3.41. The number of aliphatic carboxylic acids is 1. The lowest BCUT2D eigenvalue weighted by atomic mass is 9.61. The van der Waals surface area contributed by atoms with Crippen molar-refractivity contribution < 1.29 is 9.90 Å². The Hall–Kier alpha value is -2.03.